The Morgan fingerprint density at radius 3 is 3.12 bits per heavy atom. The number of halogens is 2. The van der Waals surface area contributed by atoms with Crippen molar-refractivity contribution in [1.29, 1.82) is 0 Å². The van der Waals surface area contributed by atoms with E-state index in [0.717, 1.165) is 31.4 Å². The fraction of sp³-hybridized carbons (Fsp3) is 0.538. The number of rotatable bonds is 3. The van der Waals surface area contributed by atoms with Crippen molar-refractivity contribution in [2.45, 2.75) is 32.2 Å². The topological polar surface area (TPSA) is 21.3 Å². The van der Waals surface area contributed by atoms with E-state index in [1.54, 1.807) is 0 Å². The van der Waals surface area contributed by atoms with Crippen LogP contribution < -0.4 is 10.1 Å². The van der Waals surface area contributed by atoms with Gasteiger partial charge in [-0.2, -0.15) is 0 Å². The van der Waals surface area contributed by atoms with Gasteiger partial charge in [-0.25, -0.2) is 4.39 Å². The fourth-order valence-corrected chi connectivity index (χ4v) is 2.46. The highest BCUT2D eigenvalue weighted by atomic mass is 79.9. The maximum absolute atomic E-state index is 13.5. The standard InChI is InChI=1S/C13H17BrFNO/c1-2-5-16-12-4-3-6-17-13-8-11(15)10(14)7-9(12)13/h7-8,12,16H,2-6H2,1H3. The Morgan fingerprint density at radius 2 is 2.35 bits per heavy atom. The van der Waals surface area contributed by atoms with E-state index in [9.17, 15) is 4.39 Å². The summed E-state index contributed by atoms with van der Waals surface area (Å²) in [7, 11) is 0. The minimum absolute atomic E-state index is 0.264. The smallest absolute Gasteiger partial charge is 0.141 e. The number of hydrogen-bond acceptors (Lipinski definition) is 2. The Labute approximate surface area is 110 Å². The molecular weight excluding hydrogens is 285 g/mol. The lowest BCUT2D eigenvalue weighted by Crippen LogP contribution is -2.21. The van der Waals surface area contributed by atoms with E-state index in [1.807, 2.05) is 6.07 Å². The number of nitrogens with one attached hydrogen (secondary N) is 1. The van der Waals surface area contributed by atoms with Crippen LogP contribution in [0.1, 0.15) is 37.8 Å². The van der Waals surface area contributed by atoms with E-state index < -0.39 is 0 Å². The SMILES string of the molecule is CCCNC1CCCOc2cc(F)c(Br)cc21. The Bertz CT molecular complexity index is 397. The third-order valence-electron chi connectivity index (χ3n) is 2.96. The van der Waals surface area contributed by atoms with Crippen LogP contribution in [-0.4, -0.2) is 13.2 Å². The summed E-state index contributed by atoms with van der Waals surface area (Å²) in [6.45, 7) is 3.78. The molecule has 1 aromatic rings. The quantitative estimate of drug-likeness (QED) is 0.917. The maximum Gasteiger partial charge on any atom is 0.141 e. The van der Waals surface area contributed by atoms with Gasteiger partial charge < -0.3 is 10.1 Å². The molecule has 2 nitrogen and oxygen atoms in total. The summed E-state index contributed by atoms with van der Waals surface area (Å²) in [5.41, 5.74) is 1.06. The van der Waals surface area contributed by atoms with Crippen LogP contribution in [0.2, 0.25) is 0 Å². The lowest BCUT2D eigenvalue weighted by Gasteiger charge is -2.18. The molecule has 0 amide bonds. The highest BCUT2D eigenvalue weighted by Gasteiger charge is 2.21. The predicted octanol–water partition coefficient (Wildman–Crippen LogP) is 3.80. The van der Waals surface area contributed by atoms with E-state index in [-0.39, 0.29) is 11.9 Å². The van der Waals surface area contributed by atoms with E-state index in [2.05, 4.69) is 28.2 Å². The highest BCUT2D eigenvalue weighted by molar-refractivity contribution is 9.10. The van der Waals surface area contributed by atoms with E-state index in [0.29, 0.717) is 16.8 Å². The Balaban J connectivity index is 2.30. The largest absolute Gasteiger partial charge is 0.493 e. The van der Waals surface area contributed by atoms with Gasteiger partial charge in [0.2, 0.25) is 0 Å². The molecule has 0 saturated carbocycles. The first-order chi connectivity index (χ1) is 8.22. The molecule has 94 valence electrons. The lowest BCUT2D eigenvalue weighted by atomic mass is 10.0. The Kier molecular flexibility index (Phi) is 4.40. The molecule has 1 aliphatic heterocycles. The van der Waals surface area contributed by atoms with Gasteiger partial charge in [0.15, 0.2) is 0 Å². The summed E-state index contributed by atoms with van der Waals surface area (Å²) in [5, 5.41) is 3.49. The molecule has 0 radical (unpaired) electrons. The second-order valence-electron chi connectivity index (χ2n) is 4.30. The molecule has 4 heteroatoms. The summed E-state index contributed by atoms with van der Waals surface area (Å²) in [6, 6.07) is 3.58. The zero-order chi connectivity index (χ0) is 12.3. The average molecular weight is 302 g/mol. The zero-order valence-corrected chi connectivity index (χ0v) is 11.5. The van der Waals surface area contributed by atoms with Gasteiger partial charge in [0.25, 0.3) is 0 Å². The highest BCUT2D eigenvalue weighted by Crippen LogP contribution is 2.35. The van der Waals surface area contributed by atoms with Crippen molar-refractivity contribution in [3.63, 3.8) is 0 Å². The van der Waals surface area contributed by atoms with Crippen LogP contribution in [0.4, 0.5) is 4.39 Å². The number of benzene rings is 1. The molecule has 0 aromatic heterocycles. The summed E-state index contributed by atoms with van der Waals surface area (Å²) in [4.78, 5) is 0. The van der Waals surface area contributed by atoms with Gasteiger partial charge in [-0.3, -0.25) is 0 Å². The van der Waals surface area contributed by atoms with Crippen LogP contribution >= 0.6 is 15.9 Å². The molecule has 0 spiro atoms. The summed E-state index contributed by atoms with van der Waals surface area (Å²) < 4.78 is 19.6. The number of ether oxygens (including phenoxy) is 1. The minimum Gasteiger partial charge on any atom is -0.493 e. The van der Waals surface area contributed by atoms with Gasteiger partial charge in [-0.15, -0.1) is 0 Å². The van der Waals surface area contributed by atoms with E-state index >= 15 is 0 Å². The van der Waals surface area contributed by atoms with Gasteiger partial charge in [0.05, 0.1) is 11.1 Å². The second-order valence-corrected chi connectivity index (χ2v) is 5.16. The summed E-state index contributed by atoms with van der Waals surface area (Å²) in [6.07, 6.45) is 3.12. The van der Waals surface area contributed by atoms with Crippen LogP contribution in [-0.2, 0) is 0 Å². The molecule has 1 atom stereocenters. The van der Waals surface area contributed by atoms with E-state index in [1.165, 1.54) is 6.07 Å². The van der Waals surface area contributed by atoms with Crippen LogP contribution in [0.15, 0.2) is 16.6 Å². The van der Waals surface area contributed by atoms with E-state index in [4.69, 9.17) is 4.74 Å². The molecule has 1 unspecified atom stereocenters. The van der Waals surface area contributed by atoms with Crippen molar-refractivity contribution in [2.75, 3.05) is 13.2 Å². The molecule has 1 heterocycles. The maximum atomic E-state index is 13.5. The molecule has 0 saturated heterocycles. The van der Waals surface area contributed by atoms with Crippen molar-refractivity contribution in [3.05, 3.63) is 28.0 Å². The molecular formula is C13H17BrFNO. The Morgan fingerprint density at radius 1 is 1.53 bits per heavy atom. The molecule has 1 aromatic carbocycles. The normalized spacial score (nSPS) is 19.4. The molecule has 0 fully saturated rings. The summed E-state index contributed by atoms with van der Waals surface area (Å²) >= 11 is 3.24. The van der Waals surface area contributed by atoms with Gasteiger partial charge in [0.1, 0.15) is 11.6 Å². The zero-order valence-electron chi connectivity index (χ0n) is 9.93. The number of fused-ring (bicyclic) bond motifs is 1. The minimum atomic E-state index is -0.264. The first-order valence-electron chi connectivity index (χ1n) is 6.07. The van der Waals surface area contributed by atoms with Crippen molar-refractivity contribution < 1.29 is 9.13 Å². The third-order valence-corrected chi connectivity index (χ3v) is 3.57. The first kappa shape index (κ1) is 12.8. The summed E-state index contributed by atoms with van der Waals surface area (Å²) in [5.74, 6) is 0.414. The molecule has 1 N–H and O–H groups in total. The first-order valence-corrected chi connectivity index (χ1v) is 6.86. The monoisotopic (exact) mass is 301 g/mol. The van der Waals surface area contributed by atoms with Crippen LogP contribution in [0.5, 0.6) is 5.75 Å². The fourth-order valence-electron chi connectivity index (χ4n) is 2.10. The predicted molar refractivity (Wildman–Crippen MR) is 69.9 cm³/mol. The van der Waals surface area contributed by atoms with Crippen molar-refractivity contribution in [1.82, 2.24) is 5.32 Å². The second kappa shape index (κ2) is 5.83. The molecule has 1 aliphatic rings. The van der Waals surface area contributed by atoms with Crippen LogP contribution in [0.3, 0.4) is 0 Å². The van der Waals surface area contributed by atoms with Crippen molar-refractivity contribution >= 4 is 15.9 Å². The van der Waals surface area contributed by atoms with Crippen LogP contribution in [0, 0.1) is 5.82 Å². The van der Waals surface area contributed by atoms with Crippen LogP contribution in [0.25, 0.3) is 0 Å². The van der Waals surface area contributed by atoms with Crippen molar-refractivity contribution in [3.8, 4) is 5.75 Å². The molecule has 0 aliphatic carbocycles. The number of hydrogen-bond donors (Lipinski definition) is 1. The van der Waals surface area contributed by atoms with Crippen molar-refractivity contribution in [2.24, 2.45) is 0 Å². The third kappa shape index (κ3) is 2.99. The van der Waals surface area contributed by atoms with Gasteiger partial charge >= 0.3 is 0 Å². The molecule has 2 rings (SSSR count). The molecule has 17 heavy (non-hydrogen) atoms. The molecule has 0 bridgehead atoms. The Hall–Kier alpha value is -0.610. The van der Waals surface area contributed by atoms with Gasteiger partial charge in [-0.1, -0.05) is 6.92 Å². The lowest BCUT2D eigenvalue weighted by molar-refractivity contribution is 0.313. The van der Waals surface area contributed by atoms with Gasteiger partial charge in [-0.05, 0) is 47.8 Å². The average Bonchev–Trinajstić information content (AvgIpc) is 2.50. The van der Waals surface area contributed by atoms with Gasteiger partial charge in [0, 0.05) is 17.7 Å².